The number of carbonyl (C=O) groups excluding carboxylic acids is 1. The van der Waals surface area contributed by atoms with Gasteiger partial charge in [-0.3, -0.25) is 9.10 Å². The number of benzene rings is 2. The second kappa shape index (κ2) is 8.34. The standard InChI is InChI=1S/C18H20F2N2O4S/c1-12(2)26-15-7-5-14(6-8-15)22(27(3,24)25)11-18(23)21-17-9-4-13(19)10-16(17)20/h4-10,12H,11H2,1-3H3,(H,21,23). The maximum atomic E-state index is 13.7. The van der Waals surface area contributed by atoms with Gasteiger partial charge in [0.2, 0.25) is 15.9 Å². The van der Waals surface area contributed by atoms with Crippen molar-refractivity contribution in [1.29, 1.82) is 0 Å². The van der Waals surface area contributed by atoms with Crippen LogP contribution in [0, 0.1) is 11.6 Å². The molecule has 0 spiro atoms. The van der Waals surface area contributed by atoms with Gasteiger partial charge in [0.05, 0.1) is 23.7 Å². The molecule has 2 rings (SSSR count). The Morgan fingerprint density at radius 3 is 2.30 bits per heavy atom. The topological polar surface area (TPSA) is 75.7 Å². The number of hydrogen-bond acceptors (Lipinski definition) is 4. The van der Waals surface area contributed by atoms with Crippen LogP contribution in [-0.4, -0.2) is 33.2 Å². The van der Waals surface area contributed by atoms with Crippen LogP contribution >= 0.6 is 0 Å². The van der Waals surface area contributed by atoms with E-state index in [0.29, 0.717) is 11.8 Å². The molecular weight excluding hydrogens is 378 g/mol. The molecule has 0 radical (unpaired) electrons. The zero-order chi connectivity index (χ0) is 20.2. The number of hydrogen-bond donors (Lipinski definition) is 1. The first-order chi connectivity index (χ1) is 12.6. The van der Waals surface area contributed by atoms with Gasteiger partial charge in [-0.25, -0.2) is 17.2 Å². The molecule has 0 heterocycles. The molecule has 0 aliphatic carbocycles. The van der Waals surface area contributed by atoms with Gasteiger partial charge in [0, 0.05) is 6.07 Å². The molecule has 0 aromatic heterocycles. The molecule has 0 atom stereocenters. The smallest absolute Gasteiger partial charge is 0.245 e. The van der Waals surface area contributed by atoms with Crippen molar-refractivity contribution in [2.45, 2.75) is 20.0 Å². The van der Waals surface area contributed by atoms with Crippen molar-refractivity contribution in [3.05, 3.63) is 54.1 Å². The summed E-state index contributed by atoms with van der Waals surface area (Å²) in [6.07, 6.45) is 0.912. The van der Waals surface area contributed by atoms with Crippen molar-refractivity contribution in [1.82, 2.24) is 0 Å². The lowest BCUT2D eigenvalue weighted by Gasteiger charge is -2.22. The summed E-state index contributed by atoms with van der Waals surface area (Å²) >= 11 is 0. The summed E-state index contributed by atoms with van der Waals surface area (Å²) in [6, 6.07) is 8.86. The number of halogens is 2. The highest BCUT2D eigenvalue weighted by Gasteiger charge is 2.21. The summed E-state index contributed by atoms with van der Waals surface area (Å²) < 4.78 is 57.1. The van der Waals surface area contributed by atoms with Gasteiger partial charge in [-0.05, 0) is 50.2 Å². The largest absolute Gasteiger partial charge is 0.491 e. The molecule has 0 bridgehead atoms. The van der Waals surface area contributed by atoms with Crippen molar-refractivity contribution in [3.63, 3.8) is 0 Å². The van der Waals surface area contributed by atoms with Crippen molar-refractivity contribution < 1.29 is 26.7 Å². The molecular formula is C18H20F2N2O4S. The first kappa shape index (κ1) is 20.6. The Morgan fingerprint density at radius 1 is 1.15 bits per heavy atom. The van der Waals surface area contributed by atoms with Gasteiger partial charge in [0.25, 0.3) is 0 Å². The van der Waals surface area contributed by atoms with E-state index < -0.39 is 34.1 Å². The van der Waals surface area contributed by atoms with E-state index in [4.69, 9.17) is 4.74 Å². The van der Waals surface area contributed by atoms with Crippen LogP contribution in [0.1, 0.15) is 13.8 Å². The summed E-state index contributed by atoms with van der Waals surface area (Å²) in [5, 5.41) is 2.24. The van der Waals surface area contributed by atoms with Crippen molar-refractivity contribution in [2.24, 2.45) is 0 Å². The summed E-state index contributed by atoms with van der Waals surface area (Å²) in [5.74, 6) is -1.95. The highest BCUT2D eigenvalue weighted by Crippen LogP contribution is 2.22. The predicted molar refractivity (Wildman–Crippen MR) is 99.4 cm³/mol. The summed E-state index contributed by atoms with van der Waals surface area (Å²) in [6.45, 7) is 3.14. The normalized spacial score (nSPS) is 11.3. The summed E-state index contributed by atoms with van der Waals surface area (Å²) in [4.78, 5) is 12.2. The monoisotopic (exact) mass is 398 g/mol. The molecule has 0 fully saturated rings. The molecule has 0 saturated heterocycles. The third-order valence-corrected chi connectivity index (χ3v) is 4.53. The quantitative estimate of drug-likeness (QED) is 0.777. The average Bonchev–Trinajstić information content (AvgIpc) is 2.55. The zero-order valence-corrected chi connectivity index (χ0v) is 15.9. The van der Waals surface area contributed by atoms with Gasteiger partial charge in [0.15, 0.2) is 0 Å². The Balaban J connectivity index is 2.18. The molecule has 2 aromatic carbocycles. The SMILES string of the molecule is CC(C)Oc1ccc(N(CC(=O)Nc2ccc(F)cc2F)S(C)(=O)=O)cc1. The molecule has 0 unspecified atom stereocenters. The molecule has 0 saturated carbocycles. The van der Waals surface area contributed by atoms with Gasteiger partial charge < -0.3 is 10.1 Å². The molecule has 9 heteroatoms. The van der Waals surface area contributed by atoms with Crippen LogP contribution in [-0.2, 0) is 14.8 Å². The number of carbonyl (C=O) groups is 1. The number of rotatable bonds is 7. The molecule has 0 aliphatic rings. The number of nitrogens with one attached hydrogen (secondary N) is 1. The first-order valence-corrected chi connectivity index (χ1v) is 9.90. The molecule has 6 nitrogen and oxygen atoms in total. The van der Waals surface area contributed by atoms with Gasteiger partial charge in [-0.2, -0.15) is 0 Å². The fraction of sp³-hybridized carbons (Fsp3) is 0.278. The Labute approximate surface area is 156 Å². The molecule has 146 valence electrons. The van der Waals surface area contributed by atoms with Gasteiger partial charge >= 0.3 is 0 Å². The molecule has 27 heavy (non-hydrogen) atoms. The second-order valence-corrected chi connectivity index (χ2v) is 8.01. The van der Waals surface area contributed by atoms with E-state index >= 15 is 0 Å². The Bertz CT molecular complexity index is 915. The van der Waals surface area contributed by atoms with Gasteiger partial charge in [-0.15, -0.1) is 0 Å². The molecule has 2 aromatic rings. The van der Waals surface area contributed by atoms with E-state index in [1.807, 2.05) is 13.8 Å². The number of sulfonamides is 1. The number of nitrogens with zero attached hydrogens (tertiary/aromatic N) is 1. The maximum Gasteiger partial charge on any atom is 0.245 e. The van der Waals surface area contributed by atoms with E-state index in [9.17, 15) is 22.0 Å². The minimum Gasteiger partial charge on any atom is -0.491 e. The van der Waals surface area contributed by atoms with E-state index in [0.717, 1.165) is 22.7 Å². The lowest BCUT2D eigenvalue weighted by Crippen LogP contribution is -2.37. The van der Waals surface area contributed by atoms with Crippen LogP contribution in [0.4, 0.5) is 20.2 Å². The fourth-order valence-electron chi connectivity index (χ4n) is 2.27. The van der Waals surface area contributed by atoms with E-state index in [-0.39, 0.29) is 17.5 Å². The molecule has 0 aliphatic heterocycles. The Morgan fingerprint density at radius 2 is 1.78 bits per heavy atom. The fourth-order valence-corrected chi connectivity index (χ4v) is 3.13. The third kappa shape index (κ3) is 5.92. The number of anilines is 2. The molecule has 1 N–H and O–H groups in total. The van der Waals surface area contributed by atoms with Crippen LogP contribution < -0.4 is 14.4 Å². The van der Waals surface area contributed by atoms with Crippen molar-refractivity contribution in [2.75, 3.05) is 22.4 Å². The Hall–Kier alpha value is -2.68. The first-order valence-electron chi connectivity index (χ1n) is 8.05. The van der Waals surface area contributed by atoms with Crippen LogP contribution in [0.2, 0.25) is 0 Å². The highest BCUT2D eigenvalue weighted by atomic mass is 32.2. The summed E-state index contributed by atoms with van der Waals surface area (Å²) in [5.41, 5.74) is 0.0128. The maximum absolute atomic E-state index is 13.7. The zero-order valence-electron chi connectivity index (χ0n) is 15.1. The van der Waals surface area contributed by atoms with E-state index in [1.165, 1.54) is 12.1 Å². The van der Waals surface area contributed by atoms with Crippen LogP contribution in [0.3, 0.4) is 0 Å². The third-order valence-electron chi connectivity index (χ3n) is 3.39. The minimum absolute atomic E-state index is 0.0433. The van der Waals surface area contributed by atoms with Gasteiger partial charge in [0.1, 0.15) is 23.9 Å². The average molecular weight is 398 g/mol. The molecule has 1 amide bonds. The van der Waals surface area contributed by atoms with Crippen LogP contribution in [0.5, 0.6) is 5.75 Å². The second-order valence-electron chi connectivity index (χ2n) is 6.10. The van der Waals surface area contributed by atoms with E-state index in [1.54, 1.807) is 12.1 Å². The minimum atomic E-state index is -3.78. The van der Waals surface area contributed by atoms with Gasteiger partial charge in [-0.1, -0.05) is 0 Å². The van der Waals surface area contributed by atoms with Crippen molar-refractivity contribution >= 4 is 27.3 Å². The Kier molecular flexibility index (Phi) is 6.37. The summed E-state index contributed by atoms with van der Waals surface area (Å²) in [7, 11) is -3.78. The van der Waals surface area contributed by atoms with Crippen molar-refractivity contribution in [3.8, 4) is 5.75 Å². The predicted octanol–water partition coefficient (Wildman–Crippen LogP) is 3.16. The number of ether oxygens (including phenoxy) is 1. The number of amides is 1. The van der Waals surface area contributed by atoms with E-state index in [2.05, 4.69) is 5.32 Å². The lowest BCUT2D eigenvalue weighted by molar-refractivity contribution is -0.114. The van der Waals surface area contributed by atoms with Crippen LogP contribution in [0.25, 0.3) is 0 Å². The van der Waals surface area contributed by atoms with Crippen LogP contribution in [0.15, 0.2) is 42.5 Å². The highest BCUT2D eigenvalue weighted by molar-refractivity contribution is 7.92. The lowest BCUT2D eigenvalue weighted by atomic mass is 10.3.